The van der Waals surface area contributed by atoms with Gasteiger partial charge in [-0.1, -0.05) is 31.2 Å². The molecule has 0 aromatic heterocycles. The first kappa shape index (κ1) is 14.1. The van der Waals surface area contributed by atoms with Crippen molar-refractivity contribution in [3.8, 4) is 0 Å². The molecule has 0 aliphatic carbocycles. The Morgan fingerprint density at radius 1 is 1.25 bits per heavy atom. The summed E-state index contributed by atoms with van der Waals surface area (Å²) in [6.45, 7) is 8.51. The number of piperidine rings is 1. The lowest BCUT2D eigenvalue weighted by molar-refractivity contribution is 0.0183. The molecule has 3 nitrogen and oxygen atoms in total. The molecular formula is C17H26N2O. The third kappa shape index (κ3) is 3.05. The summed E-state index contributed by atoms with van der Waals surface area (Å²) in [7, 11) is 0. The molecule has 2 heterocycles. The van der Waals surface area contributed by atoms with Crippen LogP contribution in [0.5, 0.6) is 0 Å². The maximum atomic E-state index is 5.80. The van der Waals surface area contributed by atoms with Gasteiger partial charge < -0.3 is 10.1 Å². The van der Waals surface area contributed by atoms with Crippen LogP contribution in [-0.4, -0.2) is 37.7 Å². The molecule has 110 valence electrons. The largest absolute Gasteiger partial charge is 0.375 e. The van der Waals surface area contributed by atoms with Gasteiger partial charge in [-0.15, -0.1) is 0 Å². The summed E-state index contributed by atoms with van der Waals surface area (Å²) in [5.41, 5.74) is 2.86. The number of likely N-dealkylation sites (tertiary alicyclic amines) is 1. The molecular weight excluding hydrogens is 248 g/mol. The minimum atomic E-state index is 0.472. The lowest BCUT2D eigenvalue weighted by atomic mass is 9.92. The highest BCUT2D eigenvalue weighted by Gasteiger charge is 2.29. The van der Waals surface area contributed by atoms with Gasteiger partial charge in [0.15, 0.2) is 0 Å². The van der Waals surface area contributed by atoms with E-state index in [1.54, 1.807) is 0 Å². The third-order valence-electron chi connectivity index (χ3n) is 4.72. The van der Waals surface area contributed by atoms with Crippen molar-refractivity contribution >= 4 is 0 Å². The standard InChI is InChI=1S/C17H26N2O/c1-2-18-11-14-7-9-19(10-8-14)17-13-20-12-15-5-3-4-6-16(15)17/h3-6,14,17-18H,2,7-13H2,1H3. The molecule has 2 aliphatic heterocycles. The van der Waals surface area contributed by atoms with Crippen molar-refractivity contribution < 1.29 is 4.74 Å². The van der Waals surface area contributed by atoms with Crippen LogP contribution in [-0.2, 0) is 11.3 Å². The molecule has 1 N–H and O–H groups in total. The molecule has 0 bridgehead atoms. The Labute approximate surface area is 122 Å². The summed E-state index contributed by atoms with van der Waals surface area (Å²) in [6, 6.07) is 9.25. The molecule has 0 spiro atoms. The fraction of sp³-hybridized carbons (Fsp3) is 0.647. The minimum absolute atomic E-state index is 0.472. The van der Waals surface area contributed by atoms with Crippen LogP contribution in [0, 0.1) is 5.92 Å². The van der Waals surface area contributed by atoms with Crippen molar-refractivity contribution in [2.45, 2.75) is 32.4 Å². The lowest BCUT2D eigenvalue weighted by Gasteiger charge is -2.40. The van der Waals surface area contributed by atoms with Crippen molar-refractivity contribution in [2.24, 2.45) is 5.92 Å². The van der Waals surface area contributed by atoms with Crippen LogP contribution in [0.25, 0.3) is 0 Å². The molecule has 0 saturated carbocycles. The summed E-state index contributed by atoms with van der Waals surface area (Å²) in [5.74, 6) is 0.853. The van der Waals surface area contributed by atoms with E-state index in [1.165, 1.54) is 43.6 Å². The minimum Gasteiger partial charge on any atom is -0.375 e. The van der Waals surface area contributed by atoms with Gasteiger partial charge in [0, 0.05) is 0 Å². The highest BCUT2D eigenvalue weighted by Crippen LogP contribution is 2.32. The average molecular weight is 274 g/mol. The van der Waals surface area contributed by atoms with Gasteiger partial charge in [-0.3, -0.25) is 4.90 Å². The Hall–Kier alpha value is -0.900. The predicted molar refractivity (Wildman–Crippen MR) is 81.7 cm³/mol. The van der Waals surface area contributed by atoms with E-state index in [0.29, 0.717) is 6.04 Å². The number of benzene rings is 1. The summed E-state index contributed by atoms with van der Waals surface area (Å²) < 4.78 is 5.80. The maximum Gasteiger partial charge on any atom is 0.0721 e. The first-order chi connectivity index (χ1) is 9.88. The SMILES string of the molecule is CCNCC1CCN(C2COCc3ccccc32)CC1. The second kappa shape index (κ2) is 6.70. The monoisotopic (exact) mass is 274 g/mol. The Kier molecular flexibility index (Phi) is 4.71. The topological polar surface area (TPSA) is 24.5 Å². The molecule has 1 aromatic carbocycles. The summed E-state index contributed by atoms with van der Waals surface area (Å²) in [6.07, 6.45) is 2.62. The van der Waals surface area contributed by atoms with Gasteiger partial charge in [0.1, 0.15) is 0 Å². The normalized spacial score (nSPS) is 24.6. The number of nitrogens with zero attached hydrogens (tertiary/aromatic N) is 1. The summed E-state index contributed by atoms with van der Waals surface area (Å²) >= 11 is 0. The number of rotatable bonds is 4. The van der Waals surface area contributed by atoms with Crippen molar-refractivity contribution in [3.63, 3.8) is 0 Å². The number of hydrogen-bond donors (Lipinski definition) is 1. The van der Waals surface area contributed by atoms with E-state index in [1.807, 2.05) is 0 Å². The number of fused-ring (bicyclic) bond motifs is 1. The van der Waals surface area contributed by atoms with Gasteiger partial charge >= 0.3 is 0 Å². The highest BCUT2D eigenvalue weighted by atomic mass is 16.5. The molecule has 0 radical (unpaired) electrons. The van der Waals surface area contributed by atoms with E-state index in [9.17, 15) is 0 Å². The zero-order chi connectivity index (χ0) is 13.8. The molecule has 2 aliphatic rings. The van der Waals surface area contributed by atoms with E-state index < -0.39 is 0 Å². The zero-order valence-electron chi connectivity index (χ0n) is 12.5. The molecule has 1 saturated heterocycles. The maximum absolute atomic E-state index is 5.80. The molecule has 3 heteroatoms. The molecule has 0 amide bonds. The smallest absolute Gasteiger partial charge is 0.0721 e. The Morgan fingerprint density at radius 3 is 2.85 bits per heavy atom. The summed E-state index contributed by atoms with van der Waals surface area (Å²) in [5, 5.41) is 3.48. The lowest BCUT2D eigenvalue weighted by Crippen LogP contribution is -2.42. The van der Waals surface area contributed by atoms with E-state index in [4.69, 9.17) is 4.74 Å². The van der Waals surface area contributed by atoms with Crippen molar-refractivity contribution in [2.75, 3.05) is 32.8 Å². The van der Waals surface area contributed by atoms with Crippen molar-refractivity contribution in [1.82, 2.24) is 10.2 Å². The zero-order valence-corrected chi connectivity index (χ0v) is 12.5. The van der Waals surface area contributed by atoms with E-state index in [-0.39, 0.29) is 0 Å². The van der Waals surface area contributed by atoms with Crippen LogP contribution in [0.15, 0.2) is 24.3 Å². The van der Waals surface area contributed by atoms with Crippen LogP contribution < -0.4 is 5.32 Å². The fourth-order valence-corrected chi connectivity index (χ4v) is 3.48. The second-order valence-corrected chi connectivity index (χ2v) is 6.02. The first-order valence-electron chi connectivity index (χ1n) is 7.98. The van der Waals surface area contributed by atoms with Gasteiger partial charge in [0.05, 0.1) is 19.3 Å². The number of nitrogens with one attached hydrogen (secondary N) is 1. The van der Waals surface area contributed by atoms with Crippen molar-refractivity contribution in [1.29, 1.82) is 0 Å². The Bertz CT molecular complexity index is 427. The quantitative estimate of drug-likeness (QED) is 0.913. The van der Waals surface area contributed by atoms with Gasteiger partial charge in [0.2, 0.25) is 0 Å². The van der Waals surface area contributed by atoms with E-state index >= 15 is 0 Å². The number of hydrogen-bond acceptors (Lipinski definition) is 3. The number of ether oxygens (including phenoxy) is 1. The van der Waals surface area contributed by atoms with Crippen LogP contribution in [0.2, 0.25) is 0 Å². The molecule has 3 rings (SSSR count). The van der Waals surface area contributed by atoms with Crippen LogP contribution in [0.3, 0.4) is 0 Å². The molecule has 1 atom stereocenters. The fourth-order valence-electron chi connectivity index (χ4n) is 3.48. The molecule has 20 heavy (non-hydrogen) atoms. The van der Waals surface area contributed by atoms with E-state index in [0.717, 1.165) is 25.7 Å². The van der Waals surface area contributed by atoms with Crippen LogP contribution in [0.1, 0.15) is 36.9 Å². The van der Waals surface area contributed by atoms with Crippen LogP contribution in [0.4, 0.5) is 0 Å². The second-order valence-electron chi connectivity index (χ2n) is 6.02. The first-order valence-corrected chi connectivity index (χ1v) is 7.98. The van der Waals surface area contributed by atoms with E-state index in [2.05, 4.69) is 41.4 Å². The third-order valence-corrected chi connectivity index (χ3v) is 4.72. The Morgan fingerprint density at radius 2 is 2.05 bits per heavy atom. The van der Waals surface area contributed by atoms with Gasteiger partial charge in [0.25, 0.3) is 0 Å². The molecule has 1 aromatic rings. The van der Waals surface area contributed by atoms with Crippen molar-refractivity contribution in [3.05, 3.63) is 35.4 Å². The predicted octanol–water partition coefficient (Wildman–Crippen LogP) is 2.58. The highest BCUT2D eigenvalue weighted by molar-refractivity contribution is 5.31. The van der Waals surface area contributed by atoms with Gasteiger partial charge in [-0.05, 0) is 56.1 Å². The van der Waals surface area contributed by atoms with Gasteiger partial charge in [-0.25, -0.2) is 0 Å². The average Bonchev–Trinajstić information content (AvgIpc) is 2.53. The van der Waals surface area contributed by atoms with Gasteiger partial charge in [-0.2, -0.15) is 0 Å². The molecule has 1 unspecified atom stereocenters. The van der Waals surface area contributed by atoms with Crippen LogP contribution >= 0.6 is 0 Å². The summed E-state index contributed by atoms with van der Waals surface area (Å²) in [4.78, 5) is 2.63. The molecule has 1 fully saturated rings. The Balaban J connectivity index is 1.62.